The van der Waals surface area contributed by atoms with Gasteiger partial charge in [0, 0.05) is 29.8 Å². The molecule has 0 aliphatic heterocycles. The highest BCUT2D eigenvalue weighted by molar-refractivity contribution is 5.83. The van der Waals surface area contributed by atoms with Gasteiger partial charge >= 0.3 is 0 Å². The maximum atomic E-state index is 15.3. The second-order valence-corrected chi connectivity index (χ2v) is 12.2. The fraction of sp³-hybridized carbons (Fsp3) is 0.323. The summed E-state index contributed by atoms with van der Waals surface area (Å²) in [6.45, 7) is 8.98. The van der Waals surface area contributed by atoms with Gasteiger partial charge < -0.3 is 15.5 Å². The van der Waals surface area contributed by atoms with Gasteiger partial charge in [-0.05, 0) is 49.1 Å². The highest BCUT2D eigenvalue weighted by Crippen LogP contribution is 2.30. The fourth-order valence-corrected chi connectivity index (χ4v) is 4.91. The van der Waals surface area contributed by atoms with Gasteiger partial charge in [-0.2, -0.15) is 20.0 Å². The van der Waals surface area contributed by atoms with Gasteiger partial charge in [0.1, 0.15) is 11.5 Å². The van der Waals surface area contributed by atoms with Crippen LogP contribution in [0.3, 0.4) is 0 Å². The number of aliphatic hydroxyl groups excluding tert-OH is 1. The highest BCUT2D eigenvalue weighted by atomic mass is 19.1. The minimum Gasteiger partial charge on any atom is -0.392 e. The topological polar surface area (TPSA) is 140 Å². The molecule has 11 nitrogen and oxygen atoms in total. The van der Waals surface area contributed by atoms with Gasteiger partial charge in [0.05, 0.1) is 53.6 Å². The average Bonchev–Trinajstić information content (AvgIpc) is 3.35. The van der Waals surface area contributed by atoms with Crippen molar-refractivity contribution in [1.82, 2.24) is 29.3 Å². The number of hydrogen-bond acceptors (Lipinski definition) is 8. The van der Waals surface area contributed by atoms with E-state index in [-0.39, 0.29) is 28.7 Å². The Hall–Kier alpha value is -4.68. The Morgan fingerprint density at radius 1 is 1.00 bits per heavy atom. The summed E-state index contributed by atoms with van der Waals surface area (Å²) in [7, 11) is 1.50. The van der Waals surface area contributed by atoms with E-state index in [2.05, 4.69) is 20.6 Å². The SMILES string of the molecule is Cn1nc(-c2cccc(-n3ncc4cc(C(C)(C)C)cc(F)c4c3=O)c2CO)cc(Nc2cnn(CC(C)(C)O)c2)c1=O. The van der Waals surface area contributed by atoms with Crippen LogP contribution in [0.4, 0.5) is 15.8 Å². The molecule has 2 aromatic carbocycles. The summed E-state index contributed by atoms with van der Waals surface area (Å²) in [4.78, 5) is 26.5. The van der Waals surface area contributed by atoms with E-state index in [9.17, 15) is 19.8 Å². The lowest BCUT2D eigenvalue weighted by Gasteiger charge is -2.20. The molecule has 3 heterocycles. The van der Waals surface area contributed by atoms with Crippen LogP contribution < -0.4 is 16.4 Å². The minimum atomic E-state index is -0.974. The van der Waals surface area contributed by atoms with E-state index in [0.717, 1.165) is 14.9 Å². The molecule has 0 unspecified atom stereocenters. The van der Waals surface area contributed by atoms with Crippen LogP contribution in [0.5, 0.6) is 0 Å². The van der Waals surface area contributed by atoms with Gasteiger partial charge in [0.15, 0.2) is 0 Å². The summed E-state index contributed by atoms with van der Waals surface area (Å²) < 4.78 is 19.1. The largest absolute Gasteiger partial charge is 0.392 e. The van der Waals surface area contributed by atoms with E-state index in [1.807, 2.05) is 20.8 Å². The Morgan fingerprint density at radius 2 is 1.74 bits per heavy atom. The molecule has 0 atom stereocenters. The number of aromatic nitrogens is 6. The summed E-state index contributed by atoms with van der Waals surface area (Å²) in [5, 5.41) is 36.8. The normalized spacial score (nSPS) is 12.2. The molecule has 43 heavy (non-hydrogen) atoms. The second kappa shape index (κ2) is 10.9. The van der Waals surface area contributed by atoms with Crippen LogP contribution in [-0.4, -0.2) is 45.2 Å². The minimum absolute atomic E-state index is 0.103. The van der Waals surface area contributed by atoms with Crippen molar-refractivity contribution in [3.63, 3.8) is 0 Å². The molecule has 0 amide bonds. The lowest BCUT2D eigenvalue weighted by atomic mass is 9.86. The molecule has 224 valence electrons. The van der Waals surface area contributed by atoms with Crippen molar-refractivity contribution in [2.24, 2.45) is 7.05 Å². The number of benzene rings is 2. The Morgan fingerprint density at radius 3 is 2.42 bits per heavy atom. The number of nitrogens with zero attached hydrogens (tertiary/aromatic N) is 6. The molecule has 5 aromatic rings. The number of rotatable bonds is 7. The van der Waals surface area contributed by atoms with Crippen LogP contribution in [0.15, 0.2) is 64.6 Å². The van der Waals surface area contributed by atoms with E-state index in [1.54, 1.807) is 49.0 Å². The zero-order valence-corrected chi connectivity index (χ0v) is 24.9. The van der Waals surface area contributed by atoms with Gasteiger partial charge in [-0.15, -0.1) is 0 Å². The first kappa shape index (κ1) is 29.8. The molecular weight excluding hydrogens is 553 g/mol. The third kappa shape index (κ3) is 5.97. The predicted molar refractivity (Wildman–Crippen MR) is 162 cm³/mol. The zero-order valence-electron chi connectivity index (χ0n) is 24.9. The Balaban J connectivity index is 1.59. The smallest absolute Gasteiger partial charge is 0.290 e. The Bertz CT molecular complexity index is 1960. The van der Waals surface area contributed by atoms with E-state index in [0.29, 0.717) is 27.9 Å². The van der Waals surface area contributed by atoms with Crippen LogP contribution in [0.1, 0.15) is 45.7 Å². The summed E-state index contributed by atoms with van der Waals surface area (Å²) in [5.41, 5.74) is 0.461. The maximum absolute atomic E-state index is 15.3. The molecule has 0 aliphatic rings. The van der Waals surface area contributed by atoms with Crippen molar-refractivity contribution in [3.05, 3.63) is 92.6 Å². The van der Waals surface area contributed by atoms with Crippen molar-refractivity contribution in [1.29, 1.82) is 0 Å². The molecule has 0 bridgehead atoms. The van der Waals surface area contributed by atoms with Crippen molar-refractivity contribution in [3.8, 4) is 16.9 Å². The number of anilines is 2. The maximum Gasteiger partial charge on any atom is 0.290 e. The van der Waals surface area contributed by atoms with Crippen LogP contribution in [0.25, 0.3) is 27.7 Å². The molecule has 0 saturated carbocycles. The fourth-order valence-electron chi connectivity index (χ4n) is 4.91. The average molecular weight is 588 g/mol. The van der Waals surface area contributed by atoms with Gasteiger partial charge in [-0.1, -0.05) is 32.9 Å². The first-order chi connectivity index (χ1) is 20.2. The Labute approximate surface area is 246 Å². The van der Waals surface area contributed by atoms with E-state index in [1.165, 1.54) is 31.6 Å². The number of hydrogen-bond donors (Lipinski definition) is 3. The third-order valence-electron chi connectivity index (χ3n) is 7.04. The lowest BCUT2D eigenvalue weighted by Crippen LogP contribution is -2.26. The third-order valence-corrected chi connectivity index (χ3v) is 7.04. The standard InChI is InChI=1S/C31H34FN7O4/c1-30(2,3)19-10-18-13-34-39(29(42)27(18)23(32)11-19)26-9-7-8-21(22(26)16-40)24-12-25(28(41)37(6)36-24)35-20-14-33-38(15-20)17-31(4,5)43/h7-15,35,40,43H,16-17H2,1-6H3. The summed E-state index contributed by atoms with van der Waals surface area (Å²) >= 11 is 0. The molecular formula is C31H34FN7O4. The van der Waals surface area contributed by atoms with E-state index >= 15 is 4.39 Å². The van der Waals surface area contributed by atoms with Crippen molar-refractivity contribution in [2.45, 2.75) is 58.8 Å². The zero-order chi connectivity index (χ0) is 31.3. The summed E-state index contributed by atoms with van der Waals surface area (Å²) in [5.74, 6) is -0.647. The molecule has 5 rings (SSSR count). The highest BCUT2D eigenvalue weighted by Gasteiger charge is 2.21. The van der Waals surface area contributed by atoms with Crippen molar-refractivity contribution in [2.75, 3.05) is 5.32 Å². The number of aryl methyl sites for hydroxylation is 1. The summed E-state index contributed by atoms with van der Waals surface area (Å²) in [6.07, 6.45) is 4.64. The van der Waals surface area contributed by atoms with Gasteiger partial charge in [-0.25, -0.2) is 9.07 Å². The van der Waals surface area contributed by atoms with Crippen LogP contribution in [0.2, 0.25) is 0 Å². The number of fused-ring (bicyclic) bond motifs is 1. The molecule has 0 aliphatic carbocycles. The van der Waals surface area contributed by atoms with Gasteiger partial charge in [0.25, 0.3) is 11.1 Å². The number of nitrogens with one attached hydrogen (secondary N) is 1. The van der Waals surface area contributed by atoms with Gasteiger partial charge in [-0.3, -0.25) is 14.3 Å². The first-order valence-corrected chi connectivity index (χ1v) is 13.7. The monoisotopic (exact) mass is 587 g/mol. The molecule has 12 heteroatoms. The van der Waals surface area contributed by atoms with Crippen molar-refractivity contribution < 1.29 is 14.6 Å². The van der Waals surface area contributed by atoms with Crippen molar-refractivity contribution >= 4 is 22.1 Å². The van der Waals surface area contributed by atoms with E-state index < -0.39 is 29.1 Å². The lowest BCUT2D eigenvalue weighted by molar-refractivity contribution is 0.0577. The number of halogens is 1. The molecule has 0 saturated heterocycles. The quantitative estimate of drug-likeness (QED) is 0.261. The molecule has 3 aromatic heterocycles. The second-order valence-electron chi connectivity index (χ2n) is 12.2. The van der Waals surface area contributed by atoms with Gasteiger partial charge in [0.2, 0.25) is 0 Å². The van der Waals surface area contributed by atoms with Crippen LogP contribution in [-0.2, 0) is 25.6 Å². The molecule has 0 spiro atoms. The van der Waals surface area contributed by atoms with Crippen LogP contribution in [0, 0.1) is 5.82 Å². The first-order valence-electron chi connectivity index (χ1n) is 13.7. The number of aliphatic hydroxyl groups is 2. The molecule has 3 N–H and O–H groups in total. The molecule has 0 fully saturated rings. The summed E-state index contributed by atoms with van der Waals surface area (Å²) in [6, 6.07) is 9.65. The Kier molecular flexibility index (Phi) is 7.53. The molecule has 0 radical (unpaired) electrons. The van der Waals surface area contributed by atoms with Crippen LogP contribution >= 0.6 is 0 Å². The predicted octanol–water partition coefficient (Wildman–Crippen LogP) is 3.79. The van der Waals surface area contributed by atoms with E-state index in [4.69, 9.17) is 0 Å².